The van der Waals surface area contributed by atoms with Gasteiger partial charge in [0, 0.05) is 11.0 Å². The fourth-order valence-electron chi connectivity index (χ4n) is 1.64. The highest BCUT2D eigenvalue weighted by Crippen LogP contribution is 2.26. The number of carbonyl (C=O) groups is 1. The van der Waals surface area contributed by atoms with Crippen molar-refractivity contribution >= 4 is 22.0 Å². The smallest absolute Gasteiger partial charge is 0.316 e. The van der Waals surface area contributed by atoms with E-state index in [1.165, 1.54) is 5.06 Å². The lowest BCUT2D eigenvalue weighted by molar-refractivity contribution is -0.107. The van der Waals surface area contributed by atoms with Crippen LogP contribution in [0.1, 0.15) is 0 Å². The Kier molecular flexibility index (Phi) is 2.60. The number of amides is 2. The van der Waals surface area contributed by atoms with E-state index in [-0.39, 0.29) is 12.1 Å². The largest absolute Gasteiger partial charge is 0.344 e. The molecule has 1 saturated heterocycles. The third-order valence-corrected chi connectivity index (χ3v) is 2.73. The molecule has 0 saturated carbocycles. The van der Waals surface area contributed by atoms with Gasteiger partial charge in [-0.25, -0.2) is 4.79 Å². The van der Waals surface area contributed by atoms with E-state index >= 15 is 0 Å². The molecule has 0 spiro atoms. The summed E-state index contributed by atoms with van der Waals surface area (Å²) in [5, 5.41) is 1.41. The molecular formula is C9H11BrN2O2. The zero-order valence-electron chi connectivity index (χ0n) is 7.65. The molecule has 14 heavy (non-hydrogen) atoms. The third kappa shape index (κ3) is 1.57. The summed E-state index contributed by atoms with van der Waals surface area (Å²) in [5.74, 6) is 0. The van der Waals surface area contributed by atoms with E-state index < -0.39 is 0 Å². The van der Waals surface area contributed by atoms with Crippen LogP contribution in [0.3, 0.4) is 0 Å². The van der Waals surface area contributed by atoms with Crippen molar-refractivity contribution in [3.8, 4) is 0 Å². The van der Waals surface area contributed by atoms with E-state index in [4.69, 9.17) is 4.84 Å². The summed E-state index contributed by atoms with van der Waals surface area (Å²) in [4.78, 5) is 18.7. The molecule has 5 heteroatoms. The Hall–Kier alpha value is -0.810. The van der Waals surface area contributed by atoms with Crippen molar-refractivity contribution in [3.05, 3.63) is 23.2 Å². The second kappa shape index (κ2) is 3.74. The van der Waals surface area contributed by atoms with Crippen LogP contribution in [-0.2, 0) is 4.84 Å². The monoisotopic (exact) mass is 258 g/mol. The predicted molar refractivity (Wildman–Crippen MR) is 55.8 cm³/mol. The third-order valence-electron chi connectivity index (χ3n) is 2.21. The maximum Gasteiger partial charge on any atom is 0.344 e. The highest BCUT2D eigenvalue weighted by atomic mass is 79.9. The fourth-order valence-corrected chi connectivity index (χ4v) is 2.25. The van der Waals surface area contributed by atoms with Crippen LogP contribution >= 0.6 is 15.9 Å². The van der Waals surface area contributed by atoms with E-state index in [9.17, 15) is 4.79 Å². The van der Waals surface area contributed by atoms with E-state index in [0.717, 1.165) is 4.48 Å². The molecule has 2 heterocycles. The number of hydrogen-bond acceptors (Lipinski definition) is 2. The number of hydrogen-bond donors (Lipinski definition) is 0. The molecule has 0 radical (unpaired) electrons. The molecule has 0 aromatic rings. The number of carbonyl (C=O) groups excluding carboxylic acids is 1. The van der Waals surface area contributed by atoms with E-state index in [0.29, 0.717) is 19.7 Å². The Balaban J connectivity index is 2.11. The van der Waals surface area contributed by atoms with Crippen LogP contribution in [0.15, 0.2) is 23.2 Å². The zero-order valence-corrected chi connectivity index (χ0v) is 9.24. The Labute approximate surface area is 90.9 Å². The van der Waals surface area contributed by atoms with Crippen LogP contribution in [0.25, 0.3) is 0 Å². The molecule has 2 amide bonds. The van der Waals surface area contributed by atoms with Gasteiger partial charge in [-0.2, -0.15) is 5.06 Å². The fraction of sp³-hybridized carbons (Fsp3) is 0.444. The summed E-state index contributed by atoms with van der Waals surface area (Å²) in [6.07, 6.45) is 3.63. The minimum atomic E-state index is -0.0671. The second-order valence-corrected chi connectivity index (χ2v) is 4.27. The molecule has 2 bridgehead atoms. The van der Waals surface area contributed by atoms with Crippen molar-refractivity contribution in [1.29, 1.82) is 0 Å². The first kappa shape index (κ1) is 9.73. The van der Waals surface area contributed by atoms with Crippen molar-refractivity contribution in [2.75, 3.05) is 19.7 Å². The van der Waals surface area contributed by atoms with Crippen LogP contribution in [0.5, 0.6) is 0 Å². The summed E-state index contributed by atoms with van der Waals surface area (Å²) in [5.41, 5.74) is 0. The van der Waals surface area contributed by atoms with Gasteiger partial charge in [-0.3, -0.25) is 4.84 Å². The SMILES string of the molecule is C=CCON1C(=O)N2CC(Br)=CC1C2. The standard InChI is InChI=1S/C9H11BrN2O2/c1-2-3-14-12-8-4-7(10)5-11(6-8)9(12)13/h2,4,8H,1,3,5-6H2. The van der Waals surface area contributed by atoms with Crippen molar-refractivity contribution < 1.29 is 9.63 Å². The summed E-state index contributed by atoms with van der Waals surface area (Å²) in [6, 6.07) is -0.0341. The maximum atomic E-state index is 11.7. The minimum absolute atomic E-state index is 0.0329. The van der Waals surface area contributed by atoms with Gasteiger partial charge in [0.2, 0.25) is 0 Å². The van der Waals surface area contributed by atoms with Crippen molar-refractivity contribution in [3.63, 3.8) is 0 Å². The number of fused-ring (bicyclic) bond motifs is 2. The van der Waals surface area contributed by atoms with Crippen molar-refractivity contribution in [2.24, 2.45) is 0 Å². The Morgan fingerprint density at radius 3 is 3.29 bits per heavy atom. The number of rotatable bonds is 3. The van der Waals surface area contributed by atoms with Crippen LogP contribution in [0, 0.1) is 0 Å². The number of nitrogens with zero attached hydrogens (tertiary/aromatic N) is 2. The normalized spacial score (nSPS) is 25.4. The maximum absolute atomic E-state index is 11.7. The van der Waals surface area contributed by atoms with Gasteiger partial charge in [0.25, 0.3) is 0 Å². The summed E-state index contributed by atoms with van der Waals surface area (Å²) < 4.78 is 1.03. The first-order valence-corrected chi connectivity index (χ1v) is 5.20. The number of halogens is 1. The molecule has 2 aliphatic rings. The Morgan fingerprint density at radius 1 is 1.79 bits per heavy atom. The topological polar surface area (TPSA) is 32.8 Å². The molecule has 1 fully saturated rings. The molecule has 2 rings (SSSR count). The Bertz CT molecular complexity index is 303. The number of urea groups is 1. The van der Waals surface area contributed by atoms with Gasteiger partial charge in [-0.05, 0) is 6.08 Å². The van der Waals surface area contributed by atoms with Crippen LogP contribution < -0.4 is 0 Å². The second-order valence-electron chi connectivity index (χ2n) is 3.25. The highest BCUT2D eigenvalue weighted by molar-refractivity contribution is 9.11. The van der Waals surface area contributed by atoms with Crippen LogP contribution in [-0.4, -0.2) is 41.7 Å². The number of hydroxylamine groups is 2. The molecule has 1 atom stereocenters. The summed E-state index contributed by atoms with van der Waals surface area (Å²) >= 11 is 3.40. The predicted octanol–water partition coefficient (Wildman–Crippen LogP) is 1.50. The average Bonchev–Trinajstić information content (AvgIpc) is 2.37. The van der Waals surface area contributed by atoms with Gasteiger partial charge in [0.1, 0.15) is 0 Å². The Morgan fingerprint density at radius 2 is 2.57 bits per heavy atom. The summed E-state index contributed by atoms with van der Waals surface area (Å²) in [7, 11) is 0. The lowest BCUT2D eigenvalue weighted by Gasteiger charge is -2.18. The lowest BCUT2D eigenvalue weighted by atomic mass is 10.2. The van der Waals surface area contributed by atoms with Crippen LogP contribution in [0.4, 0.5) is 4.79 Å². The van der Waals surface area contributed by atoms with E-state index in [1.54, 1.807) is 11.0 Å². The minimum Gasteiger partial charge on any atom is -0.316 e. The van der Waals surface area contributed by atoms with Gasteiger partial charge >= 0.3 is 6.03 Å². The van der Waals surface area contributed by atoms with Gasteiger partial charge in [0.05, 0.1) is 19.2 Å². The molecule has 0 aliphatic carbocycles. The van der Waals surface area contributed by atoms with Gasteiger partial charge < -0.3 is 4.90 Å². The zero-order chi connectivity index (χ0) is 10.1. The summed E-state index contributed by atoms with van der Waals surface area (Å²) in [6.45, 7) is 5.26. The molecule has 4 nitrogen and oxygen atoms in total. The molecule has 0 aromatic heterocycles. The van der Waals surface area contributed by atoms with E-state index in [1.807, 2.05) is 6.08 Å². The lowest BCUT2D eigenvalue weighted by Crippen LogP contribution is -2.33. The molecule has 0 N–H and O–H groups in total. The van der Waals surface area contributed by atoms with E-state index in [2.05, 4.69) is 22.5 Å². The molecular weight excluding hydrogens is 248 g/mol. The molecule has 2 aliphatic heterocycles. The van der Waals surface area contributed by atoms with Crippen molar-refractivity contribution in [2.45, 2.75) is 6.04 Å². The first-order valence-electron chi connectivity index (χ1n) is 4.40. The van der Waals surface area contributed by atoms with Gasteiger partial charge in [-0.15, -0.1) is 6.58 Å². The molecule has 0 aromatic carbocycles. The molecule has 76 valence electrons. The first-order chi connectivity index (χ1) is 6.72. The average molecular weight is 259 g/mol. The van der Waals surface area contributed by atoms with Crippen molar-refractivity contribution in [1.82, 2.24) is 9.96 Å². The van der Waals surface area contributed by atoms with Crippen LogP contribution in [0.2, 0.25) is 0 Å². The van der Waals surface area contributed by atoms with Gasteiger partial charge in [0.15, 0.2) is 0 Å². The van der Waals surface area contributed by atoms with Gasteiger partial charge in [-0.1, -0.05) is 22.0 Å². The highest BCUT2D eigenvalue weighted by Gasteiger charge is 2.40. The quantitative estimate of drug-likeness (QED) is 0.719. The molecule has 1 unspecified atom stereocenters.